The Kier molecular flexibility index (Phi) is 26.4. The van der Waals surface area contributed by atoms with E-state index in [4.69, 9.17) is 53.2 Å². The van der Waals surface area contributed by atoms with E-state index < -0.39 is 69.8 Å². The van der Waals surface area contributed by atoms with E-state index in [-0.39, 0.29) is 61.2 Å². The van der Waals surface area contributed by atoms with Gasteiger partial charge in [0.15, 0.2) is 32.5 Å². The highest BCUT2D eigenvalue weighted by atomic mass is 35.5. The summed E-state index contributed by atoms with van der Waals surface area (Å²) in [5, 5.41) is 31.7. The Labute approximate surface area is 663 Å². The van der Waals surface area contributed by atoms with Crippen LogP contribution in [0, 0.1) is 40.0 Å². The zero-order valence-corrected chi connectivity index (χ0v) is 66.3. The van der Waals surface area contributed by atoms with Gasteiger partial charge >= 0.3 is 5.97 Å². The van der Waals surface area contributed by atoms with E-state index in [2.05, 4.69) is 114 Å². The van der Waals surface area contributed by atoms with Gasteiger partial charge in [-0.3, -0.25) is 9.59 Å². The standard InChI is InChI=1S/C27H33N7O4S.C19H17ClFN5O4S.C14H14ClN3O3.C8H18N2.C5H5FN2O2S.CH4/c1-26(2)15-18-9-13-28-20-5-4-6-23(29-20)39(36,37)32-25(35)19-7-8-21(30-24(19)33(26)16-18)34-14-10-22(31-34)38-17-27(3)11-12-27;1-19(8-9-19)11-30-15-7-10-26(24-15)14-6-5-12(17(20)23-14)18(27)25-31(28,29)16-4-2-3-13(21)22-16;1-14(5-6-14)8-21-11-4-7-18(17-11)10-3-2-9(13(19)20)12(15)16-10;1-8(2)5-7(3-4-9)6-10-8;6-4-2-1-3-5(8-4)11(7,9)10;/h4-8,10,14,18H,9,11-13,15-17H2,1-3H3,(H,28,29)(H,32,35);2-7,10H,8-9,11H2,1H3,(H,25,27);2-4,7H,5-6,8H2,1H3,(H,19,20);7,10H,3-6,9H2,1-2H3;1-3H,(H2,7,9,10);1H4. The van der Waals surface area contributed by atoms with Crippen LogP contribution < -0.4 is 50.1 Å². The summed E-state index contributed by atoms with van der Waals surface area (Å²) in [7, 11) is -12.5. The molecule has 2 saturated heterocycles. The number of nitrogens with zero attached hydrogens (tertiary/aromatic N) is 13. The lowest BCUT2D eigenvalue weighted by Gasteiger charge is -2.34. The number of aromatic nitrogens is 12. The summed E-state index contributed by atoms with van der Waals surface area (Å²) < 4.78 is 123. The van der Waals surface area contributed by atoms with Gasteiger partial charge in [0.05, 0.1) is 36.5 Å². The molecule has 3 saturated carbocycles. The molecule has 0 radical (unpaired) electrons. The van der Waals surface area contributed by atoms with Crippen LogP contribution in [0.2, 0.25) is 10.3 Å². The summed E-state index contributed by atoms with van der Waals surface area (Å²) in [4.78, 5) is 62.4. The lowest BCUT2D eigenvalue weighted by molar-refractivity contribution is 0.0695. The van der Waals surface area contributed by atoms with E-state index in [0.29, 0.717) is 91.1 Å². The van der Waals surface area contributed by atoms with Crippen LogP contribution in [0.4, 0.5) is 20.4 Å². The number of fused-ring (bicyclic) bond motifs is 6. The molecule has 6 aliphatic rings. The summed E-state index contributed by atoms with van der Waals surface area (Å²) in [6, 6.07) is 25.5. The number of hydrogen-bond donors (Lipinski definition) is 7. The van der Waals surface area contributed by atoms with Crippen molar-refractivity contribution in [2.75, 3.05) is 56.2 Å². The molecule has 2 amide bonds. The number of nitrogens with two attached hydrogens (primary N) is 2. The lowest BCUT2D eigenvalue weighted by atomic mass is 9.94. The largest absolute Gasteiger partial charge is 0.478 e. The zero-order chi connectivity index (χ0) is 80.8. The predicted molar refractivity (Wildman–Crippen MR) is 416 cm³/mol. The molecule has 113 heavy (non-hydrogen) atoms. The van der Waals surface area contributed by atoms with Crippen LogP contribution in [0.5, 0.6) is 17.6 Å². The maximum absolute atomic E-state index is 13.5. The number of halogens is 4. The van der Waals surface area contributed by atoms with E-state index in [1.807, 2.05) is 0 Å². The van der Waals surface area contributed by atoms with Gasteiger partial charge < -0.3 is 40.6 Å². The summed E-state index contributed by atoms with van der Waals surface area (Å²) >= 11 is 11.9. The Morgan fingerprint density at radius 1 is 0.646 bits per heavy atom. The fraction of sp³-hybridized carbons (Fsp3) is 0.432. The van der Waals surface area contributed by atoms with E-state index in [9.17, 15) is 48.4 Å². The van der Waals surface area contributed by atoms with Crippen LogP contribution in [0.3, 0.4) is 0 Å². The van der Waals surface area contributed by atoms with Gasteiger partial charge in [-0.1, -0.05) is 69.6 Å². The number of amides is 2. The number of carboxylic acids is 1. The van der Waals surface area contributed by atoms with Gasteiger partial charge in [-0.25, -0.2) is 71.7 Å². The van der Waals surface area contributed by atoms with E-state index in [0.717, 1.165) is 87.9 Å². The van der Waals surface area contributed by atoms with Crippen LogP contribution in [-0.4, -0.2) is 164 Å². The SMILES string of the molecule is C.CC1(C)CC(CCN)CN1.CC1(COc2ccn(-c3ccc(C(=O)NS(=O)(=O)c4cccc(F)n4)c(Cl)n3)n2)CC1.CC1(COc2ccn(-c3ccc(C(=O)O)c(Cl)n3)n2)CC1.CC1(COc2ccn(-c3ccc4c(n3)N3CC(CCNc5cccc(n5)S(=O)(=O)NC4=O)CC3(C)C)n2)CC1.NS(=O)(=O)c1cccc(F)n1. The average molecular weight is 1660 g/mol. The van der Waals surface area contributed by atoms with Gasteiger partial charge in [0.2, 0.25) is 29.5 Å². The molecule has 15 rings (SSSR count). The number of pyridine rings is 6. The van der Waals surface area contributed by atoms with Crippen molar-refractivity contribution in [3.05, 3.63) is 167 Å². The number of primary sulfonamides is 1. The second-order valence-corrected chi connectivity index (χ2v) is 35.9. The Morgan fingerprint density at radius 2 is 1.13 bits per heavy atom. The predicted octanol–water partition coefficient (Wildman–Crippen LogP) is 10.2. The van der Waals surface area contributed by atoms with Crippen molar-refractivity contribution in [1.82, 2.24) is 74.0 Å². The smallest absolute Gasteiger partial charge is 0.338 e. The molecule has 3 aliphatic carbocycles. The highest BCUT2D eigenvalue weighted by Gasteiger charge is 2.43. The number of carbonyl (C=O) groups excluding carboxylic acids is 2. The van der Waals surface area contributed by atoms with Crippen LogP contribution in [-0.2, 0) is 30.1 Å². The molecule has 606 valence electrons. The first-order chi connectivity index (χ1) is 52.8. The maximum atomic E-state index is 13.5. The molecule has 32 nitrogen and oxygen atoms in total. The molecule has 9 N–H and O–H groups in total. The van der Waals surface area contributed by atoms with Gasteiger partial charge in [-0.05, 0) is 190 Å². The normalized spacial score (nSPS) is 18.7. The number of nitrogens with one attached hydrogen (secondary N) is 4. The van der Waals surface area contributed by atoms with Crippen LogP contribution in [0.25, 0.3) is 17.5 Å². The average Bonchev–Trinajstić information content (AvgIpc) is 0.802. The van der Waals surface area contributed by atoms with Crippen molar-refractivity contribution >= 4 is 82.7 Å². The molecular formula is C74H91Cl2F2N19O13S3. The Hall–Kier alpha value is -9.89. The summed E-state index contributed by atoms with van der Waals surface area (Å²) in [6.45, 7) is 20.4. The van der Waals surface area contributed by atoms with Gasteiger partial charge in [0.1, 0.15) is 21.9 Å². The number of carboxylic acid groups (broad SMARTS) is 1. The molecule has 3 aliphatic heterocycles. The molecule has 0 spiro atoms. The quantitative estimate of drug-likeness (QED) is 0.0370. The first-order valence-corrected chi connectivity index (χ1v) is 41.0. The van der Waals surface area contributed by atoms with Crippen LogP contribution in [0.1, 0.15) is 151 Å². The zero-order valence-electron chi connectivity index (χ0n) is 62.4. The first-order valence-electron chi connectivity index (χ1n) is 35.8. The van der Waals surface area contributed by atoms with Crippen molar-refractivity contribution in [2.24, 2.45) is 39.0 Å². The van der Waals surface area contributed by atoms with Crippen molar-refractivity contribution in [3.8, 4) is 35.1 Å². The third-order valence-corrected chi connectivity index (χ3v) is 23.2. The topological polar surface area (TPSA) is 436 Å². The summed E-state index contributed by atoms with van der Waals surface area (Å²) in [5.41, 5.74) is 6.20. The van der Waals surface area contributed by atoms with Crippen molar-refractivity contribution < 1.29 is 67.7 Å². The highest BCUT2D eigenvalue weighted by Crippen LogP contribution is 2.47. The molecular weight excluding hydrogens is 1570 g/mol. The Bertz CT molecular complexity index is 5300. The third kappa shape index (κ3) is 23.2. The Morgan fingerprint density at radius 3 is 1.59 bits per heavy atom. The second kappa shape index (κ2) is 34.8. The molecule has 4 bridgehead atoms. The summed E-state index contributed by atoms with van der Waals surface area (Å²) in [6.07, 6.45) is 16.2. The molecule has 2 unspecified atom stereocenters. The molecule has 0 aromatic carbocycles. The number of carbonyl (C=O) groups is 3. The molecule has 2 atom stereocenters. The van der Waals surface area contributed by atoms with Gasteiger partial charge in [0, 0.05) is 77.2 Å². The third-order valence-electron chi connectivity index (χ3n) is 19.4. The number of sulfonamides is 3. The number of aromatic carboxylic acids is 1. The monoisotopic (exact) mass is 1660 g/mol. The fourth-order valence-corrected chi connectivity index (χ4v) is 14.8. The first kappa shape index (κ1) is 85.5. The maximum Gasteiger partial charge on any atom is 0.338 e. The molecule has 39 heteroatoms. The lowest BCUT2D eigenvalue weighted by Crippen LogP contribution is -2.41. The molecule has 12 heterocycles. The van der Waals surface area contributed by atoms with Crippen LogP contribution >= 0.6 is 23.2 Å². The Balaban J connectivity index is 0.000000162. The highest BCUT2D eigenvalue weighted by molar-refractivity contribution is 7.90. The minimum atomic E-state index is -4.39. The van der Waals surface area contributed by atoms with Crippen molar-refractivity contribution in [1.29, 1.82) is 0 Å². The number of anilines is 2. The minimum Gasteiger partial charge on any atom is -0.478 e. The number of ether oxygens (including phenoxy) is 3. The van der Waals surface area contributed by atoms with E-state index in [1.165, 1.54) is 65.4 Å². The van der Waals surface area contributed by atoms with Gasteiger partial charge in [-0.2, -0.15) is 25.6 Å². The van der Waals surface area contributed by atoms with Gasteiger partial charge in [0.25, 0.3) is 41.9 Å². The van der Waals surface area contributed by atoms with Crippen LogP contribution in [0.15, 0.2) is 143 Å². The fourth-order valence-electron chi connectivity index (χ4n) is 12.0. The second-order valence-electron chi connectivity index (χ2n) is 30.4. The van der Waals surface area contributed by atoms with E-state index in [1.54, 1.807) is 76.5 Å². The van der Waals surface area contributed by atoms with Gasteiger partial charge in [-0.15, -0.1) is 15.3 Å². The van der Waals surface area contributed by atoms with Crippen molar-refractivity contribution in [2.45, 2.75) is 146 Å². The minimum absolute atomic E-state index is 0. The summed E-state index contributed by atoms with van der Waals surface area (Å²) in [5.74, 6) is 0.0000225. The number of hydrogen-bond acceptors (Lipinski definition) is 25. The van der Waals surface area contributed by atoms with E-state index >= 15 is 0 Å². The number of rotatable bonds is 19. The van der Waals surface area contributed by atoms with Crippen molar-refractivity contribution in [3.63, 3.8) is 0 Å². The molecule has 5 fully saturated rings. The molecule has 9 aromatic heterocycles. The molecule has 9 aromatic rings.